The number of nitrogens with two attached hydrogens (primary N) is 1. The zero-order chi connectivity index (χ0) is 18.8. The normalized spacial score (nSPS) is 17.2. The molecule has 0 saturated carbocycles. The molecule has 1 atom stereocenters. The lowest BCUT2D eigenvalue weighted by atomic mass is 10.0. The van der Waals surface area contributed by atoms with Crippen LogP contribution in [0.15, 0.2) is 30.3 Å². The second-order valence-corrected chi connectivity index (χ2v) is 7.76. The van der Waals surface area contributed by atoms with Crippen molar-refractivity contribution in [2.24, 2.45) is 0 Å². The predicted octanol–water partition coefficient (Wildman–Crippen LogP) is 5.86. The maximum absolute atomic E-state index is 13.0. The Balaban J connectivity index is 1.96. The summed E-state index contributed by atoms with van der Waals surface area (Å²) >= 11 is 18.3. The standard InChI is InChI=1S/C19H20Cl3N3O/c1-11-4-2-3-7-25(11)17-6-5-13(23)10-14(17)19(26)24-18-15(21)8-12(20)9-16(18)22/h5-6,8-11H,2-4,7,23H2,1H3,(H,24,26). The van der Waals surface area contributed by atoms with E-state index in [1.807, 2.05) is 12.1 Å². The van der Waals surface area contributed by atoms with Crippen LogP contribution < -0.4 is 16.0 Å². The van der Waals surface area contributed by atoms with Gasteiger partial charge in [-0.05, 0) is 56.5 Å². The fraction of sp³-hybridized carbons (Fsp3) is 0.316. The summed E-state index contributed by atoms with van der Waals surface area (Å²) in [5.41, 5.74) is 8.16. The van der Waals surface area contributed by atoms with E-state index in [0.29, 0.717) is 28.0 Å². The number of carbonyl (C=O) groups excluding carboxylic acids is 1. The van der Waals surface area contributed by atoms with Crippen LogP contribution in [0.4, 0.5) is 17.1 Å². The minimum Gasteiger partial charge on any atom is -0.399 e. The molecule has 0 radical (unpaired) electrons. The van der Waals surface area contributed by atoms with Crippen molar-refractivity contribution >= 4 is 57.8 Å². The molecule has 4 nitrogen and oxygen atoms in total. The fourth-order valence-corrected chi connectivity index (χ4v) is 4.20. The highest BCUT2D eigenvalue weighted by Crippen LogP contribution is 2.35. The Labute approximate surface area is 168 Å². The van der Waals surface area contributed by atoms with E-state index in [-0.39, 0.29) is 16.0 Å². The first-order valence-electron chi connectivity index (χ1n) is 8.49. The molecule has 3 rings (SSSR count). The second kappa shape index (κ2) is 7.95. The molecule has 0 aliphatic carbocycles. The molecule has 2 aromatic rings. The largest absolute Gasteiger partial charge is 0.399 e. The van der Waals surface area contributed by atoms with Crippen LogP contribution in [0.25, 0.3) is 0 Å². The number of hydrogen-bond acceptors (Lipinski definition) is 3. The van der Waals surface area contributed by atoms with Gasteiger partial charge in [0.2, 0.25) is 0 Å². The Morgan fingerprint density at radius 1 is 1.15 bits per heavy atom. The van der Waals surface area contributed by atoms with Crippen molar-refractivity contribution in [1.82, 2.24) is 0 Å². The molecule has 1 amide bonds. The Morgan fingerprint density at radius 3 is 2.50 bits per heavy atom. The zero-order valence-corrected chi connectivity index (χ0v) is 16.6. The minimum atomic E-state index is -0.309. The molecule has 1 aliphatic heterocycles. The second-order valence-electron chi connectivity index (χ2n) is 6.51. The number of benzene rings is 2. The third kappa shape index (κ3) is 4.03. The number of piperidine rings is 1. The van der Waals surface area contributed by atoms with Gasteiger partial charge < -0.3 is 16.0 Å². The molecule has 1 aliphatic rings. The summed E-state index contributed by atoms with van der Waals surface area (Å²) in [6.07, 6.45) is 3.40. The molecule has 1 saturated heterocycles. The smallest absolute Gasteiger partial charge is 0.257 e. The van der Waals surface area contributed by atoms with E-state index < -0.39 is 0 Å². The number of nitrogens with one attached hydrogen (secondary N) is 1. The van der Waals surface area contributed by atoms with E-state index in [2.05, 4.69) is 17.1 Å². The van der Waals surface area contributed by atoms with Gasteiger partial charge in [0, 0.05) is 29.0 Å². The molecular weight excluding hydrogens is 393 g/mol. The summed E-state index contributed by atoms with van der Waals surface area (Å²) in [5, 5.41) is 3.78. The van der Waals surface area contributed by atoms with Crippen LogP contribution in [0.1, 0.15) is 36.5 Å². The highest BCUT2D eigenvalue weighted by atomic mass is 35.5. The average molecular weight is 413 g/mol. The summed E-state index contributed by atoms with van der Waals surface area (Å²) in [6, 6.07) is 8.84. The topological polar surface area (TPSA) is 58.4 Å². The molecule has 0 aromatic heterocycles. The summed E-state index contributed by atoms with van der Waals surface area (Å²) in [4.78, 5) is 15.2. The molecule has 138 valence electrons. The highest BCUT2D eigenvalue weighted by Gasteiger charge is 2.24. The first kappa shape index (κ1) is 19.2. The van der Waals surface area contributed by atoms with Gasteiger partial charge in [-0.1, -0.05) is 34.8 Å². The molecular formula is C19H20Cl3N3O. The van der Waals surface area contributed by atoms with Crippen molar-refractivity contribution in [3.05, 3.63) is 51.0 Å². The van der Waals surface area contributed by atoms with Gasteiger partial charge in [0.1, 0.15) is 0 Å². The van der Waals surface area contributed by atoms with E-state index in [1.165, 1.54) is 18.6 Å². The van der Waals surface area contributed by atoms with Crippen LogP contribution in [0.2, 0.25) is 15.1 Å². The predicted molar refractivity (Wildman–Crippen MR) is 111 cm³/mol. The zero-order valence-electron chi connectivity index (χ0n) is 14.4. The lowest BCUT2D eigenvalue weighted by molar-refractivity contribution is 0.102. The van der Waals surface area contributed by atoms with Crippen LogP contribution in [0.5, 0.6) is 0 Å². The van der Waals surface area contributed by atoms with E-state index in [4.69, 9.17) is 40.5 Å². The number of nitrogen functional groups attached to an aromatic ring is 1. The maximum Gasteiger partial charge on any atom is 0.257 e. The van der Waals surface area contributed by atoms with Crippen molar-refractivity contribution in [1.29, 1.82) is 0 Å². The average Bonchev–Trinajstić information content (AvgIpc) is 2.58. The number of halogens is 3. The number of hydrogen-bond donors (Lipinski definition) is 2. The number of nitrogens with zero attached hydrogens (tertiary/aromatic N) is 1. The highest BCUT2D eigenvalue weighted by molar-refractivity contribution is 6.42. The van der Waals surface area contributed by atoms with Gasteiger partial charge >= 0.3 is 0 Å². The molecule has 3 N–H and O–H groups in total. The fourth-order valence-electron chi connectivity index (χ4n) is 3.28. The lowest BCUT2D eigenvalue weighted by Gasteiger charge is -2.36. The van der Waals surface area contributed by atoms with Gasteiger partial charge in [0.15, 0.2) is 0 Å². The summed E-state index contributed by atoms with van der Waals surface area (Å²) in [7, 11) is 0. The maximum atomic E-state index is 13.0. The first-order chi connectivity index (χ1) is 12.4. The van der Waals surface area contributed by atoms with E-state index >= 15 is 0 Å². The molecule has 7 heteroatoms. The van der Waals surface area contributed by atoms with Crippen molar-refractivity contribution < 1.29 is 4.79 Å². The van der Waals surface area contributed by atoms with E-state index in [1.54, 1.807) is 6.07 Å². The van der Waals surface area contributed by atoms with Crippen LogP contribution in [-0.2, 0) is 0 Å². The van der Waals surface area contributed by atoms with E-state index in [9.17, 15) is 4.79 Å². The SMILES string of the molecule is CC1CCCCN1c1ccc(N)cc1C(=O)Nc1c(Cl)cc(Cl)cc1Cl. The number of anilines is 3. The quantitative estimate of drug-likeness (QED) is 0.621. The minimum absolute atomic E-state index is 0.285. The molecule has 0 spiro atoms. The summed E-state index contributed by atoms with van der Waals surface area (Å²) in [6.45, 7) is 3.08. The van der Waals surface area contributed by atoms with Gasteiger partial charge in [0.05, 0.1) is 21.3 Å². The van der Waals surface area contributed by atoms with Crippen LogP contribution in [0, 0.1) is 0 Å². The Morgan fingerprint density at radius 2 is 1.85 bits per heavy atom. The van der Waals surface area contributed by atoms with Crippen molar-refractivity contribution in [3.63, 3.8) is 0 Å². The first-order valence-corrected chi connectivity index (χ1v) is 9.62. The Hall–Kier alpha value is -1.62. The molecule has 1 heterocycles. The number of rotatable bonds is 3. The molecule has 1 unspecified atom stereocenters. The molecule has 1 fully saturated rings. The lowest BCUT2D eigenvalue weighted by Crippen LogP contribution is -2.38. The van der Waals surface area contributed by atoms with Gasteiger partial charge in [-0.3, -0.25) is 4.79 Å². The third-order valence-corrected chi connectivity index (χ3v) is 5.44. The summed E-state index contributed by atoms with van der Waals surface area (Å²) in [5.74, 6) is -0.309. The Bertz CT molecular complexity index is 818. The van der Waals surface area contributed by atoms with Crippen LogP contribution in [0.3, 0.4) is 0 Å². The van der Waals surface area contributed by atoms with Gasteiger partial charge in [0.25, 0.3) is 5.91 Å². The number of amides is 1. The molecule has 2 aromatic carbocycles. The molecule has 26 heavy (non-hydrogen) atoms. The van der Waals surface area contributed by atoms with Crippen LogP contribution >= 0.6 is 34.8 Å². The van der Waals surface area contributed by atoms with Gasteiger partial charge in [-0.2, -0.15) is 0 Å². The Kier molecular flexibility index (Phi) is 5.86. The number of carbonyl (C=O) groups is 1. The molecule has 0 bridgehead atoms. The van der Waals surface area contributed by atoms with E-state index in [0.717, 1.165) is 25.1 Å². The monoisotopic (exact) mass is 411 g/mol. The summed E-state index contributed by atoms with van der Waals surface area (Å²) < 4.78 is 0. The van der Waals surface area contributed by atoms with Crippen LogP contribution in [-0.4, -0.2) is 18.5 Å². The van der Waals surface area contributed by atoms with Crippen molar-refractivity contribution in [3.8, 4) is 0 Å². The van der Waals surface area contributed by atoms with Crippen molar-refractivity contribution in [2.45, 2.75) is 32.2 Å². The third-order valence-electron chi connectivity index (χ3n) is 4.62. The van der Waals surface area contributed by atoms with Crippen molar-refractivity contribution in [2.75, 3.05) is 22.5 Å². The van der Waals surface area contributed by atoms with Gasteiger partial charge in [-0.15, -0.1) is 0 Å². The van der Waals surface area contributed by atoms with Gasteiger partial charge in [-0.25, -0.2) is 0 Å².